The van der Waals surface area contributed by atoms with E-state index in [0.29, 0.717) is 11.7 Å². The van der Waals surface area contributed by atoms with E-state index in [4.69, 9.17) is 0 Å². The first-order chi connectivity index (χ1) is 13.6. The van der Waals surface area contributed by atoms with Crippen molar-refractivity contribution in [1.29, 1.82) is 0 Å². The lowest BCUT2D eigenvalue weighted by Crippen LogP contribution is -2.24. The maximum Gasteiger partial charge on any atom is 0.343 e. The van der Waals surface area contributed by atoms with Gasteiger partial charge in [-0.3, -0.25) is 9.36 Å². The van der Waals surface area contributed by atoms with Crippen LogP contribution in [0.2, 0.25) is 0 Å². The molecule has 7 heteroatoms. The molecular formula is C21H24N4O2S. The standard InChI is InChI=1S/C21H24N4O2S/c1-3-4-14-25-20(27)23-24-21(25)28-15(2)19(26)22-18-13-9-8-12-17(18)16-10-6-5-7-11-16/h5-13,15H,3-4,14H2,1-2H3,(H,22,26)(H,23,27). The van der Waals surface area contributed by atoms with E-state index in [9.17, 15) is 9.59 Å². The first kappa shape index (κ1) is 19.9. The molecule has 6 nitrogen and oxygen atoms in total. The van der Waals surface area contributed by atoms with Crippen molar-refractivity contribution in [3.8, 4) is 11.1 Å². The van der Waals surface area contributed by atoms with Gasteiger partial charge in [0, 0.05) is 17.8 Å². The second kappa shape index (κ2) is 9.41. The van der Waals surface area contributed by atoms with Crippen molar-refractivity contribution < 1.29 is 4.79 Å². The molecule has 1 aromatic heterocycles. The monoisotopic (exact) mass is 396 g/mol. The Morgan fingerprint density at radius 2 is 1.89 bits per heavy atom. The number of carbonyl (C=O) groups excluding carboxylic acids is 1. The first-order valence-corrected chi connectivity index (χ1v) is 10.2. The maximum atomic E-state index is 12.8. The number of thioether (sulfide) groups is 1. The van der Waals surface area contributed by atoms with Gasteiger partial charge in [0.2, 0.25) is 5.91 Å². The average molecular weight is 397 g/mol. The molecule has 1 amide bonds. The summed E-state index contributed by atoms with van der Waals surface area (Å²) in [5.41, 5.74) is 2.53. The van der Waals surface area contributed by atoms with E-state index in [0.717, 1.165) is 29.7 Å². The van der Waals surface area contributed by atoms with Crippen LogP contribution in [-0.2, 0) is 11.3 Å². The van der Waals surface area contributed by atoms with E-state index in [2.05, 4.69) is 22.4 Å². The highest BCUT2D eigenvalue weighted by molar-refractivity contribution is 8.00. The van der Waals surface area contributed by atoms with Gasteiger partial charge in [0.1, 0.15) is 0 Å². The highest BCUT2D eigenvalue weighted by atomic mass is 32.2. The third-order valence-corrected chi connectivity index (χ3v) is 5.47. The number of hydrogen-bond donors (Lipinski definition) is 2. The lowest BCUT2D eigenvalue weighted by atomic mass is 10.0. The van der Waals surface area contributed by atoms with Crippen LogP contribution in [0.25, 0.3) is 11.1 Å². The number of unbranched alkanes of at least 4 members (excludes halogenated alkanes) is 1. The molecule has 0 saturated carbocycles. The summed E-state index contributed by atoms with van der Waals surface area (Å²) in [5, 5.41) is 9.70. The fraction of sp³-hybridized carbons (Fsp3) is 0.286. The van der Waals surface area contributed by atoms with E-state index >= 15 is 0 Å². The van der Waals surface area contributed by atoms with Crippen LogP contribution >= 0.6 is 11.8 Å². The molecule has 0 radical (unpaired) electrons. The largest absolute Gasteiger partial charge is 0.343 e. The molecule has 1 unspecified atom stereocenters. The normalized spacial score (nSPS) is 11.9. The van der Waals surface area contributed by atoms with Gasteiger partial charge in [-0.05, 0) is 25.0 Å². The summed E-state index contributed by atoms with van der Waals surface area (Å²) in [7, 11) is 0. The van der Waals surface area contributed by atoms with Crippen LogP contribution in [0.3, 0.4) is 0 Å². The number of carbonyl (C=O) groups is 1. The molecule has 2 aromatic carbocycles. The summed E-state index contributed by atoms with van der Waals surface area (Å²) >= 11 is 1.28. The van der Waals surface area contributed by atoms with Crippen LogP contribution in [0.1, 0.15) is 26.7 Å². The lowest BCUT2D eigenvalue weighted by molar-refractivity contribution is -0.115. The molecule has 0 bridgehead atoms. The summed E-state index contributed by atoms with van der Waals surface area (Å²) in [6.45, 7) is 4.48. The molecule has 0 saturated heterocycles. The molecule has 0 aliphatic heterocycles. The molecule has 0 aliphatic rings. The van der Waals surface area contributed by atoms with Crippen molar-refractivity contribution in [1.82, 2.24) is 14.8 Å². The number of aromatic amines is 1. The SMILES string of the molecule is CCCCn1c(SC(C)C(=O)Nc2ccccc2-c2ccccc2)n[nH]c1=O. The smallest absolute Gasteiger partial charge is 0.325 e. The summed E-state index contributed by atoms with van der Waals surface area (Å²) < 4.78 is 1.59. The molecule has 0 aliphatic carbocycles. The van der Waals surface area contributed by atoms with E-state index < -0.39 is 5.25 Å². The van der Waals surface area contributed by atoms with E-state index in [-0.39, 0.29) is 11.6 Å². The van der Waals surface area contributed by atoms with Crippen LogP contribution in [0.5, 0.6) is 0 Å². The molecule has 1 atom stereocenters. The van der Waals surface area contributed by atoms with Gasteiger partial charge in [-0.25, -0.2) is 9.89 Å². The summed E-state index contributed by atoms with van der Waals surface area (Å²) in [5.74, 6) is -0.133. The lowest BCUT2D eigenvalue weighted by Gasteiger charge is -2.15. The Kier molecular flexibility index (Phi) is 6.71. The quantitative estimate of drug-likeness (QED) is 0.561. The topological polar surface area (TPSA) is 79.8 Å². The number of aromatic nitrogens is 3. The number of para-hydroxylation sites is 1. The molecule has 2 N–H and O–H groups in total. The molecule has 3 rings (SSSR count). The van der Waals surface area contributed by atoms with Crippen molar-refractivity contribution in [2.75, 3.05) is 5.32 Å². The fourth-order valence-electron chi connectivity index (χ4n) is 2.81. The number of hydrogen-bond acceptors (Lipinski definition) is 4. The van der Waals surface area contributed by atoms with Crippen LogP contribution in [0.15, 0.2) is 64.5 Å². The molecule has 3 aromatic rings. The average Bonchev–Trinajstić information content (AvgIpc) is 3.06. The number of H-pyrrole nitrogens is 1. The number of nitrogens with zero attached hydrogens (tertiary/aromatic N) is 2. The van der Waals surface area contributed by atoms with E-state index in [1.165, 1.54) is 11.8 Å². The van der Waals surface area contributed by atoms with Gasteiger partial charge >= 0.3 is 5.69 Å². The zero-order valence-electron chi connectivity index (χ0n) is 16.0. The number of nitrogens with one attached hydrogen (secondary N) is 2. The molecule has 28 heavy (non-hydrogen) atoms. The maximum absolute atomic E-state index is 12.8. The Labute approximate surface area is 168 Å². The van der Waals surface area contributed by atoms with E-state index in [1.54, 1.807) is 4.57 Å². The van der Waals surface area contributed by atoms with Gasteiger partial charge in [0.25, 0.3) is 0 Å². The summed E-state index contributed by atoms with van der Waals surface area (Å²) in [6.07, 6.45) is 1.87. The minimum Gasteiger partial charge on any atom is -0.325 e. The van der Waals surface area contributed by atoms with Gasteiger partial charge < -0.3 is 5.32 Å². The Morgan fingerprint density at radius 1 is 1.18 bits per heavy atom. The molecular weight excluding hydrogens is 372 g/mol. The van der Waals surface area contributed by atoms with Crippen molar-refractivity contribution in [2.45, 2.75) is 43.6 Å². The predicted molar refractivity (Wildman–Crippen MR) is 114 cm³/mol. The Balaban J connectivity index is 1.73. The zero-order chi connectivity index (χ0) is 19.9. The molecule has 0 fully saturated rings. The molecule has 0 spiro atoms. The Hall–Kier alpha value is -2.80. The minimum absolute atomic E-state index is 0.133. The second-order valence-electron chi connectivity index (χ2n) is 6.48. The van der Waals surface area contributed by atoms with Crippen molar-refractivity contribution in [3.63, 3.8) is 0 Å². The van der Waals surface area contributed by atoms with E-state index in [1.807, 2.05) is 61.5 Å². The summed E-state index contributed by atoms with van der Waals surface area (Å²) in [6, 6.07) is 17.7. The van der Waals surface area contributed by atoms with Crippen LogP contribution in [-0.4, -0.2) is 25.9 Å². The number of anilines is 1. The zero-order valence-corrected chi connectivity index (χ0v) is 16.8. The highest BCUT2D eigenvalue weighted by Crippen LogP contribution is 2.29. The number of amides is 1. The summed E-state index contributed by atoms with van der Waals surface area (Å²) in [4.78, 5) is 24.7. The number of rotatable bonds is 8. The van der Waals surface area contributed by atoms with Crippen molar-refractivity contribution in [2.24, 2.45) is 0 Å². The van der Waals surface area contributed by atoms with Gasteiger partial charge in [-0.2, -0.15) is 0 Å². The first-order valence-electron chi connectivity index (χ1n) is 9.37. The van der Waals surface area contributed by atoms with Crippen molar-refractivity contribution in [3.05, 3.63) is 65.1 Å². The fourth-order valence-corrected chi connectivity index (χ4v) is 3.70. The second-order valence-corrected chi connectivity index (χ2v) is 7.79. The van der Waals surface area contributed by atoms with Gasteiger partial charge in [0.15, 0.2) is 5.16 Å². The minimum atomic E-state index is -0.403. The Morgan fingerprint density at radius 3 is 2.64 bits per heavy atom. The van der Waals surface area contributed by atoms with Gasteiger partial charge in [0.05, 0.1) is 5.25 Å². The van der Waals surface area contributed by atoms with Gasteiger partial charge in [-0.15, -0.1) is 5.10 Å². The highest BCUT2D eigenvalue weighted by Gasteiger charge is 2.20. The predicted octanol–water partition coefficient (Wildman–Crippen LogP) is 4.16. The number of benzene rings is 2. The van der Waals surface area contributed by atoms with Crippen LogP contribution in [0, 0.1) is 0 Å². The van der Waals surface area contributed by atoms with Gasteiger partial charge in [-0.1, -0.05) is 73.6 Å². The molecule has 146 valence electrons. The third-order valence-electron chi connectivity index (χ3n) is 4.38. The van der Waals surface area contributed by atoms with Crippen molar-refractivity contribution >= 4 is 23.4 Å². The van der Waals surface area contributed by atoms with Crippen LogP contribution in [0.4, 0.5) is 5.69 Å². The Bertz CT molecular complexity index is 981. The third kappa shape index (κ3) is 4.72. The molecule has 1 heterocycles. The van der Waals surface area contributed by atoms with Crippen LogP contribution < -0.4 is 11.0 Å².